The van der Waals surface area contributed by atoms with Crippen molar-refractivity contribution in [3.8, 4) is 5.75 Å². The highest BCUT2D eigenvalue weighted by atomic mass is 35.5. The van der Waals surface area contributed by atoms with E-state index in [2.05, 4.69) is 15.6 Å². The third-order valence-electron chi connectivity index (χ3n) is 4.43. The Balaban J connectivity index is 1.80. The van der Waals surface area contributed by atoms with Gasteiger partial charge < -0.3 is 15.2 Å². The highest BCUT2D eigenvalue weighted by Gasteiger charge is 2.18. The van der Waals surface area contributed by atoms with Crippen molar-refractivity contribution in [2.45, 2.75) is 19.9 Å². The standard InChI is InChI=1S/C20H20Cl2N4O3/c1-12-19(24-25-26(12)11-14-3-5-15(21)16(22)9-14)20(28)23-17-10-13(7-8-27)4-6-18(17)29-2/h3-6,9-10,27H,7-8,11H2,1-2H3,(H,23,28). The number of methoxy groups -OCH3 is 1. The van der Waals surface area contributed by atoms with E-state index in [1.807, 2.05) is 12.1 Å². The fourth-order valence-corrected chi connectivity index (χ4v) is 3.17. The molecule has 7 nitrogen and oxygen atoms in total. The van der Waals surface area contributed by atoms with E-state index in [1.54, 1.807) is 35.9 Å². The summed E-state index contributed by atoms with van der Waals surface area (Å²) in [4.78, 5) is 12.8. The smallest absolute Gasteiger partial charge is 0.278 e. The van der Waals surface area contributed by atoms with Gasteiger partial charge in [-0.1, -0.05) is 40.5 Å². The summed E-state index contributed by atoms with van der Waals surface area (Å²) in [5, 5.41) is 21.0. The highest BCUT2D eigenvalue weighted by molar-refractivity contribution is 6.42. The third-order valence-corrected chi connectivity index (χ3v) is 5.17. The predicted octanol–water partition coefficient (Wildman–Crippen LogP) is 3.74. The lowest BCUT2D eigenvalue weighted by Crippen LogP contribution is -2.15. The molecule has 0 saturated carbocycles. The van der Waals surface area contributed by atoms with Gasteiger partial charge in [0.2, 0.25) is 0 Å². The number of nitrogens with one attached hydrogen (secondary N) is 1. The van der Waals surface area contributed by atoms with Gasteiger partial charge in [-0.25, -0.2) is 4.68 Å². The van der Waals surface area contributed by atoms with Crippen molar-refractivity contribution in [2.24, 2.45) is 0 Å². The van der Waals surface area contributed by atoms with Gasteiger partial charge >= 0.3 is 0 Å². The number of rotatable bonds is 7. The Morgan fingerprint density at radius 3 is 2.62 bits per heavy atom. The quantitative estimate of drug-likeness (QED) is 0.590. The number of anilines is 1. The van der Waals surface area contributed by atoms with Crippen molar-refractivity contribution in [3.05, 3.63) is 69.0 Å². The van der Waals surface area contributed by atoms with Crippen molar-refractivity contribution < 1.29 is 14.6 Å². The van der Waals surface area contributed by atoms with Crippen LogP contribution in [0.4, 0.5) is 5.69 Å². The van der Waals surface area contributed by atoms with Gasteiger partial charge in [0.05, 0.1) is 35.1 Å². The van der Waals surface area contributed by atoms with E-state index < -0.39 is 5.91 Å². The number of aromatic nitrogens is 3. The molecule has 0 aliphatic rings. The highest BCUT2D eigenvalue weighted by Crippen LogP contribution is 2.27. The van der Waals surface area contributed by atoms with Crippen molar-refractivity contribution in [1.29, 1.82) is 0 Å². The summed E-state index contributed by atoms with van der Waals surface area (Å²) in [6.07, 6.45) is 0.478. The van der Waals surface area contributed by atoms with E-state index in [9.17, 15) is 4.79 Å². The van der Waals surface area contributed by atoms with Crippen LogP contribution in [0.15, 0.2) is 36.4 Å². The number of carbonyl (C=O) groups excluding carboxylic acids is 1. The first-order valence-corrected chi connectivity index (χ1v) is 9.61. The molecular weight excluding hydrogens is 415 g/mol. The summed E-state index contributed by atoms with van der Waals surface area (Å²) in [5.41, 5.74) is 3.09. The summed E-state index contributed by atoms with van der Waals surface area (Å²) >= 11 is 12.0. The minimum atomic E-state index is -0.401. The second-order valence-electron chi connectivity index (χ2n) is 6.39. The molecule has 0 fully saturated rings. The molecule has 3 rings (SSSR count). The zero-order chi connectivity index (χ0) is 21.0. The van der Waals surface area contributed by atoms with E-state index >= 15 is 0 Å². The van der Waals surface area contributed by atoms with Crippen LogP contribution >= 0.6 is 23.2 Å². The van der Waals surface area contributed by atoms with E-state index in [4.69, 9.17) is 33.0 Å². The van der Waals surface area contributed by atoms with Crippen LogP contribution in [-0.2, 0) is 13.0 Å². The van der Waals surface area contributed by atoms with Crippen LogP contribution < -0.4 is 10.1 Å². The lowest BCUT2D eigenvalue weighted by Gasteiger charge is -2.11. The number of aliphatic hydroxyl groups excluding tert-OH is 1. The van der Waals surface area contributed by atoms with Crippen LogP contribution in [0.3, 0.4) is 0 Å². The molecule has 9 heteroatoms. The van der Waals surface area contributed by atoms with Crippen LogP contribution in [0.2, 0.25) is 10.0 Å². The Labute approximate surface area is 178 Å². The predicted molar refractivity (Wildman–Crippen MR) is 112 cm³/mol. The number of benzene rings is 2. The first-order chi connectivity index (χ1) is 13.9. The summed E-state index contributed by atoms with van der Waals surface area (Å²) in [6.45, 7) is 2.19. The van der Waals surface area contributed by atoms with Gasteiger partial charge in [-0.3, -0.25) is 4.79 Å². The SMILES string of the molecule is COc1ccc(CCO)cc1NC(=O)c1nnn(Cc2ccc(Cl)c(Cl)c2)c1C. The number of aliphatic hydroxyl groups is 1. The van der Waals surface area contributed by atoms with Gasteiger partial charge in [0.1, 0.15) is 5.75 Å². The zero-order valence-corrected chi connectivity index (χ0v) is 17.5. The van der Waals surface area contributed by atoms with Gasteiger partial charge in [0.15, 0.2) is 5.69 Å². The Morgan fingerprint density at radius 1 is 1.17 bits per heavy atom. The summed E-state index contributed by atoms with van der Waals surface area (Å²) in [7, 11) is 1.52. The molecule has 29 heavy (non-hydrogen) atoms. The molecule has 0 radical (unpaired) electrons. The van der Waals surface area contributed by atoms with Crippen molar-refractivity contribution in [3.63, 3.8) is 0 Å². The molecule has 0 atom stereocenters. The maximum absolute atomic E-state index is 12.8. The fraction of sp³-hybridized carbons (Fsp3) is 0.250. The normalized spacial score (nSPS) is 10.8. The van der Waals surface area contributed by atoms with Gasteiger partial charge in [-0.2, -0.15) is 0 Å². The van der Waals surface area contributed by atoms with E-state index in [0.29, 0.717) is 40.1 Å². The van der Waals surface area contributed by atoms with E-state index in [0.717, 1.165) is 11.1 Å². The number of amides is 1. The molecule has 0 spiro atoms. The third kappa shape index (κ3) is 4.87. The molecule has 0 aliphatic heterocycles. The lowest BCUT2D eigenvalue weighted by molar-refractivity contribution is 0.102. The Kier molecular flexibility index (Phi) is 6.74. The molecule has 0 aliphatic carbocycles. The van der Waals surface area contributed by atoms with Crippen molar-refractivity contribution >= 4 is 34.8 Å². The molecule has 3 aromatic rings. The molecule has 152 valence electrons. The molecule has 1 aromatic heterocycles. The van der Waals surface area contributed by atoms with Crippen LogP contribution in [0.25, 0.3) is 0 Å². The second-order valence-corrected chi connectivity index (χ2v) is 7.21. The number of ether oxygens (including phenoxy) is 1. The average molecular weight is 435 g/mol. The van der Waals surface area contributed by atoms with Gasteiger partial charge in [0.25, 0.3) is 5.91 Å². The van der Waals surface area contributed by atoms with Crippen LogP contribution in [0.1, 0.15) is 27.3 Å². The van der Waals surface area contributed by atoms with Gasteiger partial charge in [-0.05, 0) is 48.7 Å². The Morgan fingerprint density at radius 2 is 1.93 bits per heavy atom. The number of hydrogen-bond donors (Lipinski definition) is 2. The maximum atomic E-state index is 12.8. The number of carbonyl (C=O) groups is 1. The minimum absolute atomic E-state index is 0.0157. The molecule has 0 unspecified atom stereocenters. The molecule has 2 N–H and O–H groups in total. The Hall–Kier alpha value is -2.61. The first kappa shape index (κ1) is 21.1. The van der Waals surface area contributed by atoms with E-state index in [-0.39, 0.29) is 12.3 Å². The monoisotopic (exact) mass is 434 g/mol. The molecule has 1 amide bonds. The zero-order valence-electron chi connectivity index (χ0n) is 15.9. The second kappa shape index (κ2) is 9.26. The van der Waals surface area contributed by atoms with Crippen molar-refractivity contribution in [2.75, 3.05) is 19.0 Å². The lowest BCUT2D eigenvalue weighted by atomic mass is 10.1. The van der Waals surface area contributed by atoms with Crippen molar-refractivity contribution in [1.82, 2.24) is 15.0 Å². The summed E-state index contributed by atoms with van der Waals surface area (Å²) < 4.78 is 6.93. The van der Waals surface area contributed by atoms with Gasteiger partial charge in [0, 0.05) is 6.61 Å². The largest absolute Gasteiger partial charge is 0.495 e. The molecule has 0 bridgehead atoms. The summed E-state index contributed by atoms with van der Waals surface area (Å²) in [5.74, 6) is 0.114. The minimum Gasteiger partial charge on any atom is -0.495 e. The Bertz CT molecular complexity index is 1040. The fourth-order valence-electron chi connectivity index (χ4n) is 2.85. The average Bonchev–Trinajstić information content (AvgIpc) is 3.06. The molecule has 1 heterocycles. The number of hydrogen-bond acceptors (Lipinski definition) is 5. The van der Waals surface area contributed by atoms with E-state index in [1.165, 1.54) is 7.11 Å². The van der Waals surface area contributed by atoms with Crippen LogP contribution in [-0.4, -0.2) is 39.7 Å². The summed E-state index contributed by atoms with van der Waals surface area (Å²) in [6, 6.07) is 10.7. The first-order valence-electron chi connectivity index (χ1n) is 8.86. The molecular formula is C20H20Cl2N4O3. The molecule has 2 aromatic carbocycles. The van der Waals surface area contributed by atoms with Gasteiger partial charge in [-0.15, -0.1) is 5.10 Å². The van der Waals surface area contributed by atoms with Crippen LogP contribution in [0.5, 0.6) is 5.75 Å². The maximum Gasteiger partial charge on any atom is 0.278 e. The number of nitrogens with zero attached hydrogens (tertiary/aromatic N) is 3. The number of halogens is 2. The topological polar surface area (TPSA) is 89.3 Å². The molecule has 0 saturated heterocycles. The van der Waals surface area contributed by atoms with Crippen LogP contribution in [0, 0.1) is 6.92 Å².